The van der Waals surface area contributed by atoms with Crippen LogP contribution in [0, 0.1) is 5.92 Å². The highest BCUT2D eigenvalue weighted by molar-refractivity contribution is 7.89. The number of amides is 1. The van der Waals surface area contributed by atoms with E-state index in [1.54, 1.807) is 36.3 Å². The maximum Gasteiger partial charge on any atom is 0.243 e. The summed E-state index contributed by atoms with van der Waals surface area (Å²) in [5.41, 5.74) is 0. The first kappa shape index (κ1) is 20.1. The number of rotatable bonds is 5. The third-order valence-corrected chi connectivity index (χ3v) is 7.30. The first-order valence-electron chi connectivity index (χ1n) is 9.54. The van der Waals surface area contributed by atoms with E-state index in [0.717, 1.165) is 19.5 Å². The maximum absolute atomic E-state index is 12.8. The minimum atomic E-state index is -3.54. The molecule has 0 spiro atoms. The van der Waals surface area contributed by atoms with Crippen molar-refractivity contribution >= 4 is 15.9 Å². The fourth-order valence-electron chi connectivity index (χ4n) is 3.80. The number of nitrogens with zero attached hydrogens (tertiary/aromatic N) is 3. The molecule has 27 heavy (non-hydrogen) atoms. The van der Waals surface area contributed by atoms with Crippen LogP contribution >= 0.6 is 0 Å². The second-order valence-corrected chi connectivity index (χ2v) is 9.38. The second kappa shape index (κ2) is 8.58. The number of piperazine rings is 1. The smallest absolute Gasteiger partial charge is 0.243 e. The molecule has 8 heteroatoms. The Bertz CT molecular complexity index is 743. The van der Waals surface area contributed by atoms with E-state index < -0.39 is 10.0 Å². The van der Waals surface area contributed by atoms with E-state index in [-0.39, 0.29) is 10.8 Å². The van der Waals surface area contributed by atoms with Crippen molar-refractivity contribution in [2.24, 2.45) is 5.92 Å². The van der Waals surface area contributed by atoms with E-state index in [0.29, 0.717) is 44.4 Å². The van der Waals surface area contributed by atoms with Crippen molar-refractivity contribution in [2.75, 3.05) is 52.9 Å². The van der Waals surface area contributed by atoms with Gasteiger partial charge in [0.15, 0.2) is 0 Å². The van der Waals surface area contributed by atoms with Gasteiger partial charge in [-0.3, -0.25) is 9.69 Å². The Morgan fingerprint density at radius 3 is 2.37 bits per heavy atom. The quantitative estimate of drug-likeness (QED) is 0.751. The SMILES string of the molecule is COc1ccc(S(=O)(=O)N2CCN(C(=O)CN3CCC[C@H](C)C3)CC2)cc1. The van der Waals surface area contributed by atoms with E-state index in [2.05, 4.69) is 11.8 Å². The van der Waals surface area contributed by atoms with Crippen LogP contribution in [0.4, 0.5) is 0 Å². The minimum absolute atomic E-state index is 0.102. The topological polar surface area (TPSA) is 70.2 Å². The molecule has 1 amide bonds. The molecule has 0 unspecified atom stereocenters. The summed E-state index contributed by atoms with van der Waals surface area (Å²) in [7, 11) is -2.00. The first-order chi connectivity index (χ1) is 12.9. The normalized spacial score (nSPS) is 22.6. The lowest BCUT2D eigenvalue weighted by atomic mass is 10.0. The molecule has 7 nitrogen and oxygen atoms in total. The molecular weight excluding hydrogens is 366 g/mol. The fraction of sp³-hybridized carbons (Fsp3) is 0.632. The maximum atomic E-state index is 12.8. The number of benzene rings is 1. The van der Waals surface area contributed by atoms with Crippen LogP contribution in [0.5, 0.6) is 5.75 Å². The predicted molar refractivity (Wildman–Crippen MR) is 103 cm³/mol. The number of hydrogen-bond acceptors (Lipinski definition) is 5. The molecule has 0 radical (unpaired) electrons. The second-order valence-electron chi connectivity index (χ2n) is 7.44. The summed E-state index contributed by atoms with van der Waals surface area (Å²) in [6.45, 7) is 6.15. The lowest BCUT2D eigenvalue weighted by Gasteiger charge is -2.36. The van der Waals surface area contributed by atoms with Gasteiger partial charge in [-0.1, -0.05) is 6.92 Å². The van der Waals surface area contributed by atoms with Gasteiger partial charge >= 0.3 is 0 Å². The molecule has 3 rings (SSSR count). The molecule has 1 atom stereocenters. The molecule has 150 valence electrons. The van der Waals surface area contributed by atoms with Crippen LogP contribution in [-0.2, 0) is 14.8 Å². The zero-order valence-electron chi connectivity index (χ0n) is 16.1. The summed E-state index contributed by atoms with van der Waals surface area (Å²) in [5.74, 6) is 1.36. The van der Waals surface area contributed by atoms with Crippen molar-refractivity contribution in [3.05, 3.63) is 24.3 Å². The summed E-state index contributed by atoms with van der Waals surface area (Å²) in [4.78, 5) is 16.8. The number of ether oxygens (including phenoxy) is 1. The largest absolute Gasteiger partial charge is 0.497 e. The minimum Gasteiger partial charge on any atom is -0.497 e. The zero-order valence-corrected chi connectivity index (χ0v) is 17.0. The number of piperidine rings is 1. The molecule has 0 aliphatic carbocycles. The molecule has 1 aromatic carbocycles. The molecule has 0 saturated carbocycles. The van der Waals surface area contributed by atoms with E-state index >= 15 is 0 Å². The third kappa shape index (κ3) is 4.80. The summed E-state index contributed by atoms with van der Waals surface area (Å²) in [6, 6.07) is 6.41. The van der Waals surface area contributed by atoms with Crippen LogP contribution in [0.15, 0.2) is 29.2 Å². The van der Waals surface area contributed by atoms with Crippen LogP contribution in [0.25, 0.3) is 0 Å². The summed E-state index contributed by atoms with van der Waals surface area (Å²) in [5, 5.41) is 0. The highest BCUT2D eigenvalue weighted by Crippen LogP contribution is 2.21. The summed E-state index contributed by atoms with van der Waals surface area (Å²) in [6.07, 6.45) is 2.37. The average molecular weight is 396 g/mol. The van der Waals surface area contributed by atoms with Gasteiger partial charge in [-0.15, -0.1) is 0 Å². The number of hydrogen-bond donors (Lipinski definition) is 0. The van der Waals surface area contributed by atoms with Gasteiger partial charge in [0.2, 0.25) is 15.9 Å². The van der Waals surface area contributed by atoms with Crippen LogP contribution in [0.2, 0.25) is 0 Å². The Labute approximate surface area is 161 Å². The van der Waals surface area contributed by atoms with Crippen molar-refractivity contribution in [2.45, 2.75) is 24.7 Å². The van der Waals surface area contributed by atoms with Crippen molar-refractivity contribution in [1.82, 2.24) is 14.1 Å². The lowest BCUT2D eigenvalue weighted by molar-refractivity contribution is -0.134. The molecule has 1 aromatic rings. The number of methoxy groups -OCH3 is 1. The van der Waals surface area contributed by atoms with Crippen LogP contribution < -0.4 is 4.74 Å². The molecule has 0 N–H and O–H groups in total. The lowest BCUT2D eigenvalue weighted by Crippen LogP contribution is -2.53. The fourth-order valence-corrected chi connectivity index (χ4v) is 5.22. The molecule has 0 aromatic heterocycles. The third-order valence-electron chi connectivity index (χ3n) is 5.39. The summed E-state index contributed by atoms with van der Waals surface area (Å²) < 4.78 is 32.1. The molecule has 2 heterocycles. The van der Waals surface area contributed by atoms with E-state index in [1.807, 2.05) is 0 Å². The Kier molecular flexibility index (Phi) is 6.39. The number of carbonyl (C=O) groups is 1. The molecule has 0 bridgehead atoms. The number of carbonyl (C=O) groups excluding carboxylic acids is 1. The van der Waals surface area contributed by atoms with Crippen molar-refractivity contribution in [1.29, 1.82) is 0 Å². The number of sulfonamides is 1. The Hall–Kier alpha value is -1.64. The highest BCUT2D eigenvalue weighted by atomic mass is 32.2. The highest BCUT2D eigenvalue weighted by Gasteiger charge is 2.31. The molecule has 2 aliphatic rings. The zero-order chi connectivity index (χ0) is 19.4. The molecular formula is C19H29N3O4S. The van der Waals surface area contributed by atoms with E-state index in [9.17, 15) is 13.2 Å². The van der Waals surface area contributed by atoms with Gasteiger partial charge in [0.25, 0.3) is 0 Å². The molecule has 2 aliphatic heterocycles. The Balaban J connectivity index is 1.55. The van der Waals surface area contributed by atoms with Gasteiger partial charge in [-0.25, -0.2) is 8.42 Å². The van der Waals surface area contributed by atoms with Crippen LogP contribution in [-0.4, -0.2) is 81.4 Å². The van der Waals surface area contributed by atoms with Crippen molar-refractivity contribution in [3.63, 3.8) is 0 Å². The van der Waals surface area contributed by atoms with Crippen molar-refractivity contribution in [3.8, 4) is 5.75 Å². The van der Waals surface area contributed by atoms with Gasteiger partial charge in [-0.05, 0) is 49.6 Å². The van der Waals surface area contributed by atoms with E-state index in [1.165, 1.54) is 10.7 Å². The monoisotopic (exact) mass is 395 g/mol. The standard InChI is InChI=1S/C19H29N3O4S/c1-16-4-3-9-20(14-16)15-19(23)21-10-12-22(13-11-21)27(24,25)18-7-5-17(26-2)6-8-18/h5-8,16H,3-4,9-15H2,1-2H3/t16-/m0/s1. The van der Waals surface area contributed by atoms with Crippen molar-refractivity contribution < 1.29 is 17.9 Å². The van der Waals surface area contributed by atoms with Gasteiger partial charge in [0.05, 0.1) is 18.6 Å². The van der Waals surface area contributed by atoms with Gasteiger partial charge in [-0.2, -0.15) is 4.31 Å². The molecule has 2 fully saturated rings. The first-order valence-corrected chi connectivity index (χ1v) is 11.0. The Morgan fingerprint density at radius 2 is 1.78 bits per heavy atom. The summed E-state index contributed by atoms with van der Waals surface area (Å²) >= 11 is 0. The van der Waals surface area contributed by atoms with Crippen LogP contribution in [0.1, 0.15) is 19.8 Å². The predicted octanol–water partition coefficient (Wildman–Crippen LogP) is 1.26. The average Bonchev–Trinajstić information content (AvgIpc) is 2.68. The van der Waals surface area contributed by atoms with Gasteiger partial charge in [0.1, 0.15) is 5.75 Å². The van der Waals surface area contributed by atoms with E-state index in [4.69, 9.17) is 4.74 Å². The Morgan fingerprint density at radius 1 is 1.11 bits per heavy atom. The van der Waals surface area contributed by atoms with Gasteiger partial charge in [0, 0.05) is 32.7 Å². The number of likely N-dealkylation sites (tertiary alicyclic amines) is 1. The van der Waals surface area contributed by atoms with Gasteiger partial charge < -0.3 is 9.64 Å². The van der Waals surface area contributed by atoms with Crippen LogP contribution in [0.3, 0.4) is 0 Å². The molecule has 2 saturated heterocycles.